The maximum atomic E-state index is 11.0. The van der Waals surface area contributed by atoms with Crippen molar-refractivity contribution in [3.05, 3.63) is 52.8 Å². The minimum atomic E-state index is -4.73. The molecule has 1 aromatic carbocycles. The highest BCUT2D eigenvalue weighted by Crippen LogP contribution is 2.40. The number of aliphatic hydroxyl groups is 2. The molecule has 0 saturated carbocycles. The number of benzene rings is 1. The normalized spacial score (nSPS) is 25.2. The van der Waals surface area contributed by atoms with Crippen molar-refractivity contribution in [1.29, 1.82) is 0 Å². The van der Waals surface area contributed by atoms with Crippen molar-refractivity contribution in [3.63, 3.8) is 0 Å². The quantitative estimate of drug-likeness (QED) is 0.219. The summed E-state index contributed by atoms with van der Waals surface area (Å²) in [7, 11) is -4.73. The van der Waals surface area contributed by atoms with E-state index in [1.54, 1.807) is 12.3 Å². The minimum absolute atomic E-state index is 0.129. The Hall–Kier alpha value is -2.08. The predicted molar refractivity (Wildman–Crippen MR) is 127 cm³/mol. The third-order valence-electron chi connectivity index (χ3n) is 6.56. The first kappa shape index (κ1) is 24.6. The molecular weight excluding hydrogens is 499 g/mol. The lowest BCUT2D eigenvalue weighted by Gasteiger charge is -2.24. The third-order valence-corrected chi connectivity index (χ3v) is 7.24. The van der Waals surface area contributed by atoms with Crippen molar-refractivity contribution < 1.29 is 33.8 Å². The topological polar surface area (TPSA) is 159 Å². The Labute approximate surface area is 205 Å². The van der Waals surface area contributed by atoms with Crippen molar-refractivity contribution >= 4 is 36.1 Å². The van der Waals surface area contributed by atoms with Gasteiger partial charge in [-0.3, -0.25) is 4.52 Å². The Bertz CT molecular complexity index is 1270. The molecule has 3 aromatic rings. The van der Waals surface area contributed by atoms with Gasteiger partial charge in [0.2, 0.25) is 0 Å². The second kappa shape index (κ2) is 9.76. The first-order valence-corrected chi connectivity index (χ1v) is 13.2. The molecule has 2 unspecified atom stereocenters. The molecule has 11 nitrogen and oxygen atoms in total. The lowest BCUT2D eigenvalue weighted by atomic mass is 9.99. The van der Waals surface area contributed by atoms with E-state index >= 15 is 0 Å². The number of ether oxygens (including phenoxy) is 1. The fraction of sp³-hybridized carbons (Fsp3) is 0.455. The number of phosphoric ester groups is 1. The molecule has 2 aliphatic rings. The summed E-state index contributed by atoms with van der Waals surface area (Å²) in [6.45, 7) is -0.967. The van der Waals surface area contributed by atoms with Gasteiger partial charge in [-0.25, -0.2) is 14.2 Å². The number of nitrogens with one attached hydrogen (secondary N) is 1. The second-order valence-corrected chi connectivity index (χ2v) is 10.5. The van der Waals surface area contributed by atoms with Gasteiger partial charge in [-0.2, -0.15) is 5.10 Å². The van der Waals surface area contributed by atoms with E-state index in [0.717, 1.165) is 23.9 Å². The Kier molecular flexibility index (Phi) is 6.86. The molecule has 2 aromatic heterocycles. The highest BCUT2D eigenvalue weighted by molar-refractivity contribution is 7.46. The summed E-state index contributed by atoms with van der Waals surface area (Å²) < 4.78 is 23.0. The summed E-state index contributed by atoms with van der Waals surface area (Å²) >= 11 is 6.35. The Morgan fingerprint density at radius 1 is 1.34 bits per heavy atom. The molecule has 0 bridgehead atoms. The van der Waals surface area contributed by atoms with Crippen LogP contribution in [0, 0.1) is 5.92 Å². The number of hydrogen-bond donors (Lipinski definition) is 5. The standard InChI is InChI=1S/C22H26ClN4O7P/c23-19-7-17(25-16-6-5-12-3-1-2-4-14(12)16)15-9-24-27(22(15)26-19)20-8-18(29)21(34-20)13(10-28)11-33-35(30,31)32/h1-4,7,9,13,16,18,20-21,28-29H,5-6,8,10-11H2,(H,25,26)(H2,30,31,32)/t13?,16?,18-,20+,21+/m0/s1. The van der Waals surface area contributed by atoms with E-state index in [0.29, 0.717) is 5.65 Å². The number of aromatic nitrogens is 3. The molecule has 188 valence electrons. The lowest BCUT2D eigenvalue weighted by Crippen LogP contribution is -2.35. The van der Waals surface area contributed by atoms with Crippen LogP contribution in [-0.2, 0) is 20.2 Å². The van der Waals surface area contributed by atoms with Crippen LogP contribution in [0.4, 0.5) is 5.69 Å². The number of aliphatic hydroxyl groups excluding tert-OH is 2. The molecule has 35 heavy (non-hydrogen) atoms. The van der Waals surface area contributed by atoms with Gasteiger partial charge >= 0.3 is 7.82 Å². The van der Waals surface area contributed by atoms with E-state index in [9.17, 15) is 14.8 Å². The number of fused-ring (bicyclic) bond motifs is 2. The van der Waals surface area contributed by atoms with E-state index in [1.165, 1.54) is 15.8 Å². The number of hydrogen-bond acceptors (Lipinski definition) is 8. The second-order valence-electron chi connectivity index (χ2n) is 8.84. The van der Waals surface area contributed by atoms with Crippen LogP contribution in [0.2, 0.25) is 5.15 Å². The molecule has 1 aliphatic carbocycles. The molecule has 1 fully saturated rings. The number of aryl methyl sites for hydroxylation is 1. The largest absolute Gasteiger partial charge is 0.469 e. The monoisotopic (exact) mass is 524 g/mol. The van der Waals surface area contributed by atoms with Crippen molar-refractivity contribution in [2.45, 2.75) is 43.7 Å². The molecule has 1 aliphatic heterocycles. The van der Waals surface area contributed by atoms with Crippen molar-refractivity contribution in [1.82, 2.24) is 14.8 Å². The molecule has 0 radical (unpaired) electrons. The number of halogens is 1. The van der Waals surface area contributed by atoms with Crippen LogP contribution in [0.25, 0.3) is 11.0 Å². The first-order chi connectivity index (χ1) is 16.7. The maximum Gasteiger partial charge on any atom is 0.469 e. The zero-order valence-electron chi connectivity index (χ0n) is 18.6. The zero-order chi connectivity index (χ0) is 24.7. The van der Waals surface area contributed by atoms with Gasteiger partial charge in [0.25, 0.3) is 0 Å². The summed E-state index contributed by atoms with van der Waals surface area (Å²) in [5, 5.41) is 29.3. The number of rotatable bonds is 8. The highest BCUT2D eigenvalue weighted by Gasteiger charge is 2.41. The molecule has 5 N–H and O–H groups in total. The van der Waals surface area contributed by atoms with E-state index in [4.69, 9.17) is 26.1 Å². The van der Waals surface area contributed by atoms with Gasteiger partial charge in [0.1, 0.15) is 5.15 Å². The van der Waals surface area contributed by atoms with Crippen LogP contribution in [0.5, 0.6) is 0 Å². The summed E-state index contributed by atoms with van der Waals surface area (Å²) in [5.74, 6) is -0.847. The van der Waals surface area contributed by atoms with Crippen LogP contribution in [-0.4, -0.2) is 60.2 Å². The SMILES string of the molecule is O=P(O)(O)OCC(CO)[C@H]1O[C@@H](n2ncc3c(NC4CCc5ccccc54)cc(Cl)nc32)C[C@@H]1O. The van der Waals surface area contributed by atoms with Crippen molar-refractivity contribution in [3.8, 4) is 0 Å². The molecule has 5 rings (SSSR count). The van der Waals surface area contributed by atoms with Crippen LogP contribution in [0.3, 0.4) is 0 Å². The zero-order valence-corrected chi connectivity index (χ0v) is 20.2. The average molecular weight is 525 g/mol. The third kappa shape index (κ3) is 5.09. The van der Waals surface area contributed by atoms with Crippen molar-refractivity contribution in [2.75, 3.05) is 18.5 Å². The smallest absolute Gasteiger partial charge is 0.396 e. The Balaban J connectivity index is 1.38. The van der Waals surface area contributed by atoms with Crippen LogP contribution < -0.4 is 5.32 Å². The number of pyridine rings is 1. The van der Waals surface area contributed by atoms with Crippen molar-refractivity contribution in [2.24, 2.45) is 5.92 Å². The van der Waals surface area contributed by atoms with Crippen LogP contribution in [0.1, 0.15) is 36.2 Å². The molecule has 13 heteroatoms. The van der Waals surface area contributed by atoms with Gasteiger partial charge in [-0.1, -0.05) is 35.9 Å². The van der Waals surface area contributed by atoms with E-state index in [1.807, 2.05) is 12.1 Å². The lowest BCUT2D eigenvalue weighted by molar-refractivity contribution is -0.0736. The van der Waals surface area contributed by atoms with Gasteiger partial charge in [0, 0.05) is 12.3 Å². The van der Waals surface area contributed by atoms with Crippen LogP contribution in [0.15, 0.2) is 36.5 Å². The minimum Gasteiger partial charge on any atom is -0.396 e. The highest BCUT2D eigenvalue weighted by atomic mass is 35.5. The van der Waals surface area contributed by atoms with E-state index in [2.05, 4.69) is 32.1 Å². The van der Waals surface area contributed by atoms with Gasteiger partial charge in [-0.15, -0.1) is 0 Å². The number of nitrogens with zero attached hydrogens (tertiary/aromatic N) is 3. The summed E-state index contributed by atoms with van der Waals surface area (Å²) in [4.78, 5) is 22.4. The fourth-order valence-corrected chi connectivity index (χ4v) is 5.48. The Morgan fingerprint density at radius 3 is 2.91 bits per heavy atom. The summed E-state index contributed by atoms with van der Waals surface area (Å²) in [6, 6.07) is 10.2. The number of anilines is 1. The number of phosphoric acid groups is 1. The van der Waals surface area contributed by atoms with Gasteiger partial charge in [0.15, 0.2) is 11.9 Å². The first-order valence-electron chi connectivity index (χ1n) is 11.3. The predicted octanol–water partition coefficient (Wildman–Crippen LogP) is 2.55. The van der Waals surface area contributed by atoms with E-state index < -0.39 is 45.4 Å². The van der Waals surface area contributed by atoms with Gasteiger partial charge < -0.3 is 30.1 Å². The Morgan fingerprint density at radius 2 is 2.14 bits per heavy atom. The average Bonchev–Trinajstić information content (AvgIpc) is 3.51. The van der Waals surface area contributed by atoms with Gasteiger partial charge in [-0.05, 0) is 30.0 Å². The molecular formula is C22H26ClN4O7P. The molecule has 1 saturated heterocycles. The van der Waals surface area contributed by atoms with E-state index in [-0.39, 0.29) is 17.6 Å². The maximum absolute atomic E-state index is 11.0. The van der Waals surface area contributed by atoms with Crippen LogP contribution >= 0.6 is 19.4 Å². The molecule has 5 atom stereocenters. The fourth-order valence-electron chi connectivity index (χ4n) is 4.91. The van der Waals surface area contributed by atoms with Gasteiger partial charge in [0.05, 0.1) is 48.7 Å². The molecule has 0 amide bonds. The summed E-state index contributed by atoms with van der Waals surface area (Å²) in [6.07, 6.45) is 1.09. The summed E-state index contributed by atoms with van der Waals surface area (Å²) in [5.41, 5.74) is 3.82. The molecule has 3 heterocycles. The molecule has 0 spiro atoms.